The van der Waals surface area contributed by atoms with Gasteiger partial charge < -0.3 is 0 Å². The van der Waals surface area contributed by atoms with Crippen LogP contribution in [0.4, 0.5) is 0 Å². The van der Waals surface area contributed by atoms with Crippen LogP contribution >= 0.6 is 22.2 Å². The third-order valence-electron chi connectivity index (χ3n) is 1.45. The molecule has 0 saturated heterocycles. The molecule has 0 aromatic carbocycles. The van der Waals surface area contributed by atoms with E-state index in [0.29, 0.717) is 0 Å². The molecule has 0 aliphatic heterocycles. The Morgan fingerprint density at radius 2 is 1.78 bits per heavy atom. The number of hydrogen-bond donors (Lipinski definition) is 0. The van der Waals surface area contributed by atoms with Gasteiger partial charge in [-0.1, -0.05) is 13.8 Å². The maximum atomic E-state index is 10.8. The first-order valence-electron chi connectivity index (χ1n) is 2.68. The second-order valence-corrected chi connectivity index (χ2v) is 7.91. The summed E-state index contributed by atoms with van der Waals surface area (Å²) in [7, 11) is -1.84. The lowest BCUT2D eigenvalue weighted by Gasteiger charge is -2.19. The van der Waals surface area contributed by atoms with Gasteiger partial charge in [-0.3, -0.25) is 4.79 Å². The van der Waals surface area contributed by atoms with Gasteiger partial charge in [0.2, 0.25) is 7.42 Å². The van der Waals surface area contributed by atoms with Crippen LogP contribution in [0.15, 0.2) is 0 Å². The number of carbonyl (C=O) groups excluding carboxylic acids is 1. The van der Waals surface area contributed by atoms with Crippen molar-refractivity contribution >= 4 is 35.4 Å². The van der Waals surface area contributed by atoms with Crippen LogP contribution in [0, 0.1) is 0 Å². The SMILES string of the molecule is CC(=O)C(C)(C)[SiH](Cl)Cl. The number of halogens is 2. The van der Waals surface area contributed by atoms with Crippen molar-refractivity contribution in [1.29, 1.82) is 0 Å². The zero-order valence-corrected chi connectivity index (χ0v) is 8.41. The van der Waals surface area contributed by atoms with Gasteiger partial charge in [-0.15, -0.1) is 22.2 Å². The second-order valence-electron chi connectivity index (χ2n) is 2.58. The summed E-state index contributed by atoms with van der Waals surface area (Å²) >= 11 is 11.3. The van der Waals surface area contributed by atoms with E-state index in [1.807, 2.05) is 0 Å². The van der Waals surface area contributed by atoms with Crippen molar-refractivity contribution < 1.29 is 4.79 Å². The molecule has 0 heterocycles. The van der Waals surface area contributed by atoms with Crippen LogP contribution < -0.4 is 0 Å². The molecule has 1 nitrogen and oxygen atoms in total. The van der Waals surface area contributed by atoms with Gasteiger partial charge in [0, 0.05) is 5.04 Å². The molecule has 0 radical (unpaired) electrons. The highest BCUT2D eigenvalue weighted by atomic mass is 35.7. The number of ketones is 1. The zero-order chi connectivity index (χ0) is 7.65. The summed E-state index contributed by atoms with van der Waals surface area (Å²) in [5, 5.41) is -0.469. The lowest BCUT2D eigenvalue weighted by molar-refractivity contribution is -0.119. The summed E-state index contributed by atoms with van der Waals surface area (Å²) in [5.74, 6) is 0.0733. The molecule has 0 unspecified atom stereocenters. The molecule has 0 spiro atoms. The van der Waals surface area contributed by atoms with Crippen LogP contribution in [0.2, 0.25) is 5.04 Å². The number of Topliss-reactive ketones (excluding diaryl/α,β-unsaturated/α-hetero) is 1. The highest BCUT2D eigenvalue weighted by Crippen LogP contribution is 2.33. The van der Waals surface area contributed by atoms with Gasteiger partial charge in [-0.05, 0) is 6.92 Å². The van der Waals surface area contributed by atoms with E-state index in [-0.39, 0.29) is 5.78 Å². The molecule has 0 aromatic heterocycles. The summed E-state index contributed by atoms with van der Waals surface area (Å²) in [6.07, 6.45) is 0. The third kappa shape index (κ3) is 2.28. The Morgan fingerprint density at radius 3 is 1.78 bits per heavy atom. The van der Waals surface area contributed by atoms with Crippen molar-refractivity contribution in [1.82, 2.24) is 0 Å². The highest BCUT2D eigenvalue weighted by Gasteiger charge is 2.32. The molecule has 54 valence electrons. The predicted molar refractivity (Wildman–Crippen MR) is 43.6 cm³/mol. The Balaban J connectivity index is 4.19. The zero-order valence-electron chi connectivity index (χ0n) is 5.74. The Morgan fingerprint density at radius 1 is 1.44 bits per heavy atom. The molecule has 9 heavy (non-hydrogen) atoms. The van der Waals surface area contributed by atoms with E-state index < -0.39 is 12.5 Å². The van der Waals surface area contributed by atoms with Gasteiger partial charge in [-0.25, -0.2) is 0 Å². The fraction of sp³-hybridized carbons (Fsp3) is 0.800. The fourth-order valence-corrected chi connectivity index (χ4v) is 1.38. The molecule has 0 aliphatic rings. The monoisotopic (exact) mass is 184 g/mol. The highest BCUT2D eigenvalue weighted by molar-refractivity contribution is 7.35. The number of hydrogen-bond acceptors (Lipinski definition) is 1. The van der Waals surface area contributed by atoms with E-state index in [0.717, 1.165) is 0 Å². The van der Waals surface area contributed by atoms with E-state index in [2.05, 4.69) is 0 Å². The normalized spacial score (nSPS) is 12.2. The average Bonchev–Trinajstić information content (AvgIpc) is 1.65. The van der Waals surface area contributed by atoms with E-state index in [1.54, 1.807) is 13.8 Å². The van der Waals surface area contributed by atoms with Crippen molar-refractivity contribution in [3.63, 3.8) is 0 Å². The van der Waals surface area contributed by atoms with Crippen molar-refractivity contribution in [3.05, 3.63) is 0 Å². The topological polar surface area (TPSA) is 17.1 Å². The molecule has 0 amide bonds. The van der Waals surface area contributed by atoms with Gasteiger partial charge >= 0.3 is 0 Å². The molecular formula is C5H10Cl2OSi. The lowest BCUT2D eigenvalue weighted by atomic mass is 10.1. The van der Waals surface area contributed by atoms with Gasteiger partial charge in [0.05, 0.1) is 0 Å². The summed E-state index contributed by atoms with van der Waals surface area (Å²) in [6.45, 7) is 5.09. The first kappa shape index (κ1) is 9.47. The van der Waals surface area contributed by atoms with Crippen molar-refractivity contribution in [2.75, 3.05) is 0 Å². The Kier molecular flexibility index (Phi) is 3.19. The van der Waals surface area contributed by atoms with Gasteiger partial charge in [-0.2, -0.15) is 0 Å². The Hall–Kier alpha value is 0.467. The molecule has 0 saturated carbocycles. The van der Waals surface area contributed by atoms with Crippen LogP contribution in [0.5, 0.6) is 0 Å². The lowest BCUT2D eigenvalue weighted by Crippen LogP contribution is -2.24. The maximum absolute atomic E-state index is 10.8. The van der Waals surface area contributed by atoms with Crippen LogP contribution in [0.1, 0.15) is 20.8 Å². The van der Waals surface area contributed by atoms with Crippen LogP contribution in [0.25, 0.3) is 0 Å². The third-order valence-corrected chi connectivity index (χ3v) is 6.22. The van der Waals surface area contributed by atoms with E-state index in [1.165, 1.54) is 6.92 Å². The Bertz CT molecular complexity index is 122. The average molecular weight is 185 g/mol. The Labute approximate surface area is 66.4 Å². The summed E-state index contributed by atoms with van der Waals surface area (Å²) in [4.78, 5) is 10.8. The van der Waals surface area contributed by atoms with E-state index >= 15 is 0 Å². The predicted octanol–water partition coefficient (Wildman–Crippen LogP) is 2.05. The smallest absolute Gasteiger partial charge is 0.249 e. The summed E-state index contributed by atoms with van der Waals surface area (Å²) < 4.78 is 0. The molecular weight excluding hydrogens is 175 g/mol. The number of carbonyl (C=O) groups is 1. The maximum Gasteiger partial charge on any atom is 0.249 e. The molecule has 0 rings (SSSR count). The summed E-state index contributed by atoms with van der Waals surface area (Å²) in [5.41, 5.74) is 0. The largest absolute Gasteiger partial charge is 0.300 e. The van der Waals surface area contributed by atoms with Gasteiger partial charge in [0.1, 0.15) is 5.78 Å². The molecule has 0 atom stereocenters. The minimum atomic E-state index is -1.84. The summed E-state index contributed by atoms with van der Waals surface area (Å²) in [6, 6.07) is 0. The van der Waals surface area contributed by atoms with E-state index in [9.17, 15) is 4.79 Å². The van der Waals surface area contributed by atoms with E-state index in [4.69, 9.17) is 22.2 Å². The van der Waals surface area contributed by atoms with Crippen molar-refractivity contribution in [3.8, 4) is 0 Å². The van der Waals surface area contributed by atoms with Crippen molar-refractivity contribution in [2.24, 2.45) is 0 Å². The second kappa shape index (κ2) is 3.04. The minimum absolute atomic E-state index is 0.0733. The number of rotatable bonds is 2. The van der Waals surface area contributed by atoms with Gasteiger partial charge in [0.15, 0.2) is 0 Å². The molecule has 0 N–H and O–H groups in total. The van der Waals surface area contributed by atoms with Crippen LogP contribution in [0.3, 0.4) is 0 Å². The first-order valence-corrected chi connectivity index (χ1v) is 6.75. The molecule has 0 aromatic rings. The standard InChI is InChI=1S/C5H10Cl2OSi/c1-4(8)5(2,3)9(6)7/h9H,1-3H3. The van der Waals surface area contributed by atoms with Crippen LogP contribution in [-0.4, -0.2) is 13.2 Å². The fourth-order valence-electron chi connectivity index (χ4n) is 0.154. The van der Waals surface area contributed by atoms with Crippen molar-refractivity contribution in [2.45, 2.75) is 25.8 Å². The first-order chi connectivity index (χ1) is 3.89. The molecule has 0 fully saturated rings. The molecule has 4 heteroatoms. The quantitative estimate of drug-likeness (QED) is 0.475. The molecule has 0 aliphatic carbocycles. The van der Waals surface area contributed by atoms with Crippen LogP contribution in [-0.2, 0) is 4.79 Å². The van der Waals surface area contributed by atoms with Gasteiger partial charge in [0.25, 0.3) is 0 Å². The minimum Gasteiger partial charge on any atom is -0.300 e. The molecule has 0 bridgehead atoms.